The number of ketones is 1. The van der Waals surface area contributed by atoms with Crippen LogP contribution in [0.1, 0.15) is 23.0 Å². The second kappa shape index (κ2) is 6.77. The molecule has 0 atom stereocenters. The molecule has 0 N–H and O–H groups in total. The lowest BCUT2D eigenvalue weighted by Gasteiger charge is -2.10. The van der Waals surface area contributed by atoms with Crippen molar-refractivity contribution in [3.05, 3.63) is 71.9 Å². The van der Waals surface area contributed by atoms with Gasteiger partial charge in [-0.1, -0.05) is 24.3 Å². The Hall–Kier alpha value is -3.62. The molecule has 0 aliphatic rings. The molecule has 5 nitrogen and oxygen atoms in total. The average molecular weight is 400 g/mol. The maximum atomic E-state index is 14.6. The van der Waals surface area contributed by atoms with E-state index >= 15 is 0 Å². The minimum atomic E-state index is -4.64. The van der Waals surface area contributed by atoms with Crippen molar-refractivity contribution in [2.24, 2.45) is 0 Å². The molecular weight excluding hydrogens is 388 g/mol. The van der Waals surface area contributed by atoms with Crippen LogP contribution in [-0.2, 0) is 6.18 Å². The van der Waals surface area contributed by atoms with Crippen LogP contribution < -0.4 is 0 Å². The number of nitrogens with zero attached hydrogens (tertiary/aromatic N) is 4. The highest BCUT2D eigenvalue weighted by molar-refractivity contribution is 6.01. The Morgan fingerprint density at radius 2 is 1.79 bits per heavy atom. The summed E-state index contributed by atoms with van der Waals surface area (Å²) >= 11 is 0. The number of hydrogen-bond donors (Lipinski definition) is 0. The van der Waals surface area contributed by atoms with E-state index in [0.29, 0.717) is 28.6 Å². The Morgan fingerprint density at radius 1 is 1.03 bits per heavy atom. The minimum Gasteiger partial charge on any atom is -0.294 e. The van der Waals surface area contributed by atoms with Crippen LogP contribution >= 0.6 is 0 Å². The van der Waals surface area contributed by atoms with Crippen LogP contribution in [0.25, 0.3) is 28.2 Å². The van der Waals surface area contributed by atoms with Crippen molar-refractivity contribution in [1.29, 1.82) is 0 Å². The molecule has 0 radical (unpaired) electrons. The van der Waals surface area contributed by atoms with Crippen molar-refractivity contribution in [1.82, 2.24) is 19.6 Å². The Kier molecular flexibility index (Phi) is 4.37. The van der Waals surface area contributed by atoms with E-state index in [4.69, 9.17) is 0 Å². The topological polar surface area (TPSA) is 60.2 Å². The van der Waals surface area contributed by atoms with Crippen LogP contribution in [0.15, 0.2) is 54.9 Å². The van der Waals surface area contributed by atoms with Crippen LogP contribution in [0, 0.1) is 5.82 Å². The highest BCUT2D eigenvalue weighted by atomic mass is 19.4. The van der Waals surface area contributed by atoms with Gasteiger partial charge in [0.25, 0.3) is 5.78 Å². The standard InChI is InChI=1S/C20H12F4N4O/c1-11(29)13-4-2-3-5-14(13)15-8-12(6-7-16(15)21)17-9-25-19-27-18(20(22,23)24)10-26-28(17)19/h2-10H,1H3. The maximum Gasteiger partial charge on any atom is 0.435 e. The molecule has 0 spiro atoms. The highest BCUT2D eigenvalue weighted by Gasteiger charge is 2.33. The van der Waals surface area contributed by atoms with Crippen molar-refractivity contribution in [2.75, 3.05) is 0 Å². The number of fused-ring (bicyclic) bond motifs is 1. The van der Waals surface area contributed by atoms with E-state index in [1.165, 1.54) is 31.3 Å². The van der Waals surface area contributed by atoms with Crippen LogP contribution in [0.5, 0.6) is 0 Å². The van der Waals surface area contributed by atoms with E-state index < -0.39 is 17.7 Å². The molecule has 2 aromatic heterocycles. The van der Waals surface area contributed by atoms with E-state index in [2.05, 4.69) is 15.1 Å². The number of carbonyl (C=O) groups is 1. The summed E-state index contributed by atoms with van der Waals surface area (Å²) in [7, 11) is 0. The molecule has 0 saturated carbocycles. The normalized spacial score (nSPS) is 11.8. The first-order chi connectivity index (χ1) is 13.8. The van der Waals surface area contributed by atoms with Crippen molar-refractivity contribution >= 4 is 11.6 Å². The fraction of sp³-hybridized carbons (Fsp3) is 0.100. The second-order valence-corrected chi connectivity index (χ2v) is 6.29. The lowest BCUT2D eigenvalue weighted by Crippen LogP contribution is -2.11. The van der Waals surface area contributed by atoms with Crippen molar-refractivity contribution < 1.29 is 22.4 Å². The fourth-order valence-corrected chi connectivity index (χ4v) is 3.02. The monoisotopic (exact) mass is 400 g/mol. The van der Waals surface area contributed by atoms with Gasteiger partial charge in [-0.05, 0) is 30.7 Å². The average Bonchev–Trinajstić information content (AvgIpc) is 3.11. The van der Waals surface area contributed by atoms with Crippen LogP contribution in [-0.4, -0.2) is 25.4 Å². The van der Waals surface area contributed by atoms with Crippen LogP contribution in [0.2, 0.25) is 0 Å². The summed E-state index contributed by atoms with van der Waals surface area (Å²) in [5, 5.41) is 3.78. The molecule has 0 bridgehead atoms. The van der Waals surface area contributed by atoms with Crippen LogP contribution in [0.4, 0.5) is 17.6 Å². The van der Waals surface area contributed by atoms with Crippen molar-refractivity contribution in [3.8, 4) is 22.4 Å². The van der Waals surface area contributed by atoms with Gasteiger partial charge in [0.2, 0.25) is 0 Å². The molecule has 4 aromatic rings. The van der Waals surface area contributed by atoms with Crippen LogP contribution in [0.3, 0.4) is 0 Å². The Labute approximate surface area is 161 Å². The summed E-state index contributed by atoms with van der Waals surface area (Å²) in [4.78, 5) is 19.3. The quantitative estimate of drug-likeness (QED) is 0.366. The van der Waals surface area contributed by atoms with E-state index in [-0.39, 0.29) is 17.1 Å². The van der Waals surface area contributed by atoms with Gasteiger partial charge in [-0.25, -0.2) is 14.4 Å². The summed E-state index contributed by atoms with van der Waals surface area (Å²) in [5.74, 6) is -0.989. The molecule has 9 heteroatoms. The third-order valence-corrected chi connectivity index (χ3v) is 4.38. The number of benzene rings is 2. The first-order valence-corrected chi connectivity index (χ1v) is 8.44. The lowest BCUT2D eigenvalue weighted by atomic mass is 9.95. The molecule has 2 aromatic carbocycles. The van der Waals surface area contributed by atoms with Gasteiger partial charge < -0.3 is 0 Å². The maximum absolute atomic E-state index is 14.6. The number of hydrogen-bond acceptors (Lipinski definition) is 4. The van der Waals surface area contributed by atoms with Gasteiger partial charge in [-0.3, -0.25) is 4.79 Å². The van der Waals surface area contributed by atoms with Gasteiger partial charge in [0.15, 0.2) is 11.5 Å². The van der Waals surface area contributed by atoms with Gasteiger partial charge in [0, 0.05) is 16.7 Å². The summed E-state index contributed by atoms with van der Waals surface area (Å²) < 4.78 is 54.2. The number of halogens is 4. The summed E-state index contributed by atoms with van der Waals surface area (Å²) in [5.41, 5.74) is 0.597. The third-order valence-electron chi connectivity index (χ3n) is 4.38. The zero-order chi connectivity index (χ0) is 20.8. The van der Waals surface area contributed by atoms with Crippen molar-refractivity contribution in [2.45, 2.75) is 13.1 Å². The molecule has 0 aliphatic carbocycles. The molecular formula is C20H12F4N4O. The molecule has 4 rings (SSSR count). The van der Waals surface area contributed by atoms with E-state index in [1.54, 1.807) is 24.3 Å². The molecule has 146 valence electrons. The Bertz CT molecular complexity index is 1250. The van der Waals surface area contributed by atoms with E-state index in [1.807, 2.05) is 0 Å². The van der Waals surface area contributed by atoms with E-state index in [0.717, 1.165) is 4.52 Å². The van der Waals surface area contributed by atoms with Crippen molar-refractivity contribution in [3.63, 3.8) is 0 Å². The predicted octanol–water partition coefficient (Wildman–Crippen LogP) is 4.82. The molecule has 0 fully saturated rings. The van der Waals surface area contributed by atoms with Gasteiger partial charge in [-0.2, -0.15) is 22.8 Å². The third kappa shape index (κ3) is 3.35. The number of aromatic nitrogens is 4. The lowest BCUT2D eigenvalue weighted by molar-refractivity contribution is -0.141. The smallest absolute Gasteiger partial charge is 0.294 e. The number of carbonyl (C=O) groups excluding carboxylic acids is 1. The number of alkyl halides is 3. The van der Waals surface area contributed by atoms with Gasteiger partial charge in [0.1, 0.15) is 5.82 Å². The minimum absolute atomic E-state index is 0.183. The fourth-order valence-electron chi connectivity index (χ4n) is 3.02. The zero-order valence-corrected chi connectivity index (χ0v) is 14.9. The largest absolute Gasteiger partial charge is 0.435 e. The predicted molar refractivity (Wildman–Crippen MR) is 96.6 cm³/mol. The number of rotatable bonds is 3. The Morgan fingerprint density at radius 3 is 2.52 bits per heavy atom. The highest BCUT2D eigenvalue weighted by Crippen LogP contribution is 2.32. The van der Waals surface area contributed by atoms with E-state index in [9.17, 15) is 22.4 Å². The van der Waals surface area contributed by atoms with Gasteiger partial charge >= 0.3 is 6.18 Å². The summed E-state index contributed by atoms with van der Waals surface area (Å²) in [6, 6.07) is 10.8. The molecule has 0 unspecified atom stereocenters. The van der Waals surface area contributed by atoms with Gasteiger partial charge in [-0.15, -0.1) is 0 Å². The molecule has 0 saturated heterocycles. The Balaban J connectivity index is 1.86. The summed E-state index contributed by atoms with van der Waals surface area (Å²) in [6.07, 6.45) is -2.72. The zero-order valence-electron chi connectivity index (χ0n) is 14.9. The number of Topliss-reactive ketones (excluding diaryl/α,β-unsaturated/α-hetero) is 1. The molecule has 0 aliphatic heterocycles. The van der Waals surface area contributed by atoms with Gasteiger partial charge in [0.05, 0.1) is 18.1 Å². The second-order valence-electron chi connectivity index (χ2n) is 6.29. The summed E-state index contributed by atoms with van der Waals surface area (Å²) in [6.45, 7) is 1.39. The first-order valence-electron chi connectivity index (χ1n) is 8.44. The molecule has 2 heterocycles. The molecule has 0 amide bonds. The molecule has 29 heavy (non-hydrogen) atoms. The SMILES string of the molecule is CC(=O)c1ccccc1-c1cc(-c2cnc3nc(C(F)(F)F)cnn23)ccc1F. The first kappa shape index (κ1) is 18.7. The number of imidazole rings is 1.